The Morgan fingerprint density at radius 2 is 2.27 bits per heavy atom. The lowest BCUT2D eigenvalue weighted by molar-refractivity contribution is -0.00962. The molecule has 0 saturated heterocycles. The zero-order valence-corrected chi connectivity index (χ0v) is 10.0. The maximum Gasteiger partial charge on any atom is 0.0935 e. The summed E-state index contributed by atoms with van der Waals surface area (Å²) in [6.07, 6.45) is 4.42. The van der Waals surface area contributed by atoms with Gasteiger partial charge in [0, 0.05) is 13.2 Å². The summed E-state index contributed by atoms with van der Waals surface area (Å²) in [5, 5.41) is 3.45. The first-order valence-corrected chi connectivity index (χ1v) is 5.39. The predicted molar refractivity (Wildman–Crippen MR) is 61.0 cm³/mol. The van der Waals surface area contributed by atoms with Crippen LogP contribution in [0.25, 0.3) is 0 Å². The molecule has 1 atom stereocenters. The fraction of sp³-hybridized carbons (Fsp3) is 0.667. The van der Waals surface area contributed by atoms with Crippen LogP contribution in [0.5, 0.6) is 0 Å². The molecule has 0 spiro atoms. The number of furan rings is 1. The van der Waals surface area contributed by atoms with Crippen molar-refractivity contribution < 1.29 is 9.15 Å². The van der Waals surface area contributed by atoms with Crippen LogP contribution in [0, 0.1) is 0 Å². The monoisotopic (exact) mass is 211 g/mol. The van der Waals surface area contributed by atoms with Gasteiger partial charge in [0.1, 0.15) is 0 Å². The highest BCUT2D eigenvalue weighted by Crippen LogP contribution is 2.18. The second-order valence-electron chi connectivity index (χ2n) is 4.25. The number of hydrogen-bond donors (Lipinski definition) is 1. The maximum absolute atomic E-state index is 5.51. The fourth-order valence-electron chi connectivity index (χ4n) is 1.60. The van der Waals surface area contributed by atoms with Gasteiger partial charge in [-0.3, -0.25) is 0 Å². The van der Waals surface area contributed by atoms with Gasteiger partial charge in [-0.1, -0.05) is 6.92 Å². The van der Waals surface area contributed by atoms with Crippen LogP contribution in [0.1, 0.15) is 26.3 Å². The van der Waals surface area contributed by atoms with Gasteiger partial charge in [-0.05, 0) is 38.4 Å². The molecule has 1 N–H and O–H groups in total. The zero-order valence-electron chi connectivity index (χ0n) is 10.0. The van der Waals surface area contributed by atoms with E-state index in [0.717, 1.165) is 13.0 Å². The van der Waals surface area contributed by atoms with Crippen LogP contribution in [-0.2, 0) is 11.2 Å². The van der Waals surface area contributed by atoms with Crippen molar-refractivity contribution in [2.75, 3.05) is 13.7 Å². The Morgan fingerprint density at radius 1 is 1.53 bits per heavy atom. The zero-order chi connectivity index (χ0) is 11.3. The standard InChI is InChI=1S/C12H21NO2/c1-5-13-11(12(2,3)14-4)8-10-6-7-15-9-10/h6-7,9,11,13H,5,8H2,1-4H3. The van der Waals surface area contributed by atoms with Crippen LogP contribution in [0.2, 0.25) is 0 Å². The van der Waals surface area contributed by atoms with Crippen molar-refractivity contribution in [1.29, 1.82) is 0 Å². The molecule has 0 saturated carbocycles. The molecule has 1 aromatic heterocycles. The van der Waals surface area contributed by atoms with Gasteiger partial charge in [0.05, 0.1) is 18.1 Å². The Hall–Kier alpha value is -0.800. The highest BCUT2D eigenvalue weighted by molar-refractivity contribution is 5.09. The summed E-state index contributed by atoms with van der Waals surface area (Å²) in [7, 11) is 1.75. The molecule has 0 aromatic carbocycles. The van der Waals surface area contributed by atoms with Gasteiger partial charge in [-0.2, -0.15) is 0 Å². The van der Waals surface area contributed by atoms with Crippen LogP contribution in [-0.4, -0.2) is 25.3 Å². The number of methoxy groups -OCH3 is 1. The minimum atomic E-state index is -0.173. The minimum Gasteiger partial charge on any atom is -0.472 e. The van der Waals surface area contributed by atoms with E-state index in [-0.39, 0.29) is 5.60 Å². The average molecular weight is 211 g/mol. The third-order valence-corrected chi connectivity index (χ3v) is 2.84. The molecule has 1 heterocycles. The van der Waals surface area contributed by atoms with Crippen LogP contribution in [0.15, 0.2) is 23.0 Å². The third kappa shape index (κ3) is 3.36. The molecule has 0 fully saturated rings. The predicted octanol–water partition coefficient (Wildman–Crippen LogP) is 2.23. The second-order valence-corrected chi connectivity index (χ2v) is 4.25. The summed E-state index contributed by atoms with van der Waals surface area (Å²) in [6.45, 7) is 7.24. The van der Waals surface area contributed by atoms with E-state index in [1.54, 1.807) is 19.6 Å². The van der Waals surface area contributed by atoms with E-state index in [1.165, 1.54) is 5.56 Å². The molecule has 0 bridgehead atoms. The SMILES string of the molecule is CCNC(Cc1ccoc1)C(C)(C)OC. The largest absolute Gasteiger partial charge is 0.472 e. The van der Waals surface area contributed by atoms with E-state index >= 15 is 0 Å². The van der Waals surface area contributed by atoms with Gasteiger partial charge in [0.25, 0.3) is 0 Å². The first-order valence-electron chi connectivity index (χ1n) is 5.39. The molecule has 0 aliphatic carbocycles. The van der Waals surface area contributed by atoms with Crippen LogP contribution < -0.4 is 5.32 Å². The maximum atomic E-state index is 5.51. The highest BCUT2D eigenvalue weighted by Gasteiger charge is 2.28. The number of ether oxygens (including phenoxy) is 1. The van der Waals surface area contributed by atoms with Gasteiger partial charge in [0.2, 0.25) is 0 Å². The quantitative estimate of drug-likeness (QED) is 0.783. The molecule has 3 nitrogen and oxygen atoms in total. The Morgan fingerprint density at radius 3 is 2.73 bits per heavy atom. The van der Waals surface area contributed by atoms with Crippen molar-refractivity contribution >= 4 is 0 Å². The molecular weight excluding hydrogens is 190 g/mol. The molecule has 0 amide bonds. The van der Waals surface area contributed by atoms with Gasteiger partial charge >= 0.3 is 0 Å². The molecule has 0 aliphatic heterocycles. The lowest BCUT2D eigenvalue weighted by atomic mass is 9.93. The third-order valence-electron chi connectivity index (χ3n) is 2.84. The van der Waals surface area contributed by atoms with E-state index in [9.17, 15) is 0 Å². The van der Waals surface area contributed by atoms with Crippen molar-refractivity contribution in [2.45, 2.75) is 38.8 Å². The van der Waals surface area contributed by atoms with Crippen LogP contribution >= 0.6 is 0 Å². The first kappa shape index (κ1) is 12.3. The van der Waals surface area contributed by atoms with Crippen molar-refractivity contribution in [3.05, 3.63) is 24.2 Å². The van der Waals surface area contributed by atoms with Crippen molar-refractivity contribution in [2.24, 2.45) is 0 Å². The smallest absolute Gasteiger partial charge is 0.0935 e. The average Bonchev–Trinajstić information content (AvgIpc) is 2.70. The molecule has 3 heteroatoms. The lowest BCUT2D eigenvalue weighted by Crippen LogP contribution is -2.49. The van der Waals surface area contributed by atoms with Crippen molar-refractivity contribution in [3.63, 3.8) is 0 Å². The Kier molecular flexibility index (Phi) is 4.36. The van der Waals surface area contributed by atoms with E-state index in [0.29, 0.717) is 6.04 Å². The molecule has 1 unspecified atom stereocenters. The molecule has 15 heavy (non-hydrogen) atoms. The topological polar surface area (TPSA) is 34.4 Å². The summed E-state index contributed by atoms with van der Waals surface area (Å²) < 4.78 is 10.6. The Bertz CT molecular complexity index is 267. The van der Waals surface area contributed by atoms with Crippen molar-refractivity contribution in [1.82, 2.24) is 5.32 Å². The number of likely N-dealkylation sites (N-methyl/N-ethyl adjacent to an activating group) is 1. The van der Waals surface area contributed by atoms with Gasteiger partial charge in [-0.25, -0.2) is 0 Å². The summed E-state index contributed by atoms with van der Waals surface area (Å²) in [5.41, 5.74) is 1.03. The Labute approximate surface area is 91.8 Å². The number of nitrogens with one attached hydrogen (secondary N) is 1. The highest BCUT2D eigenvalue weighted by atomic mass is 16.5. The summed E-state index contributed by atoms with van der Waals surface area (Å²) in [6, 6.07) is 2.29. The van der Waals surface area contributed by atoms with Crippen LogP contribution in [0.4, 0.5) is 0 Å². The van der Waals surface area contributed by atoms with Crippen molar-refractivity contribution in [3.8, 4) is 0 Å². The van der Waals surface area contributed by atoms with Gasteiger partial charge in [0.15, 0.2) is 0 Å². The fourth-order valence-corrected chi connectivity index (χ4v) is 1.60. The van der Waals surface area contributed by atoms with Crippen LogP contribution in [0.3, 0.4) is 0 Å². The molecule has 0 aliphatic rings. The molecule has 0 radical (unpaired) electrons. The first-order chi connectivity index (χ1) is 7.10. The van der Waals surface area contributed by atoms with E-state index in [4.69, 9.17) is 9.15 Å². The molecular formula is C12H21NO2. The summed E-state index contributed by atoms with van der Waals surface area (Å²) in [4.78, 5) is 0. The van der Waals surface area contributed by atoms with E-state index in [2.05, 4.69) is 26.1 Å². The summed E-state index contributed by atoms with van der Waals surface area (Å²) in [5.74, 6) is 0. The van der Waals surface area contributed by atoms with Gasteiger partial charge in [-0.15, -0.1) is 0 Å². The van der Waals surface area contributed by atoms with E-state index in [1.807, 2.05) is 6.07 Å². The molecule has 86 valence electrons. The van der Waals surface area contributed by atoms with E-state index < -0.39 is 0 Å². The summed E-state index contributed by atoms with van der Waals surface area (Å²) >= 11 is 0. The second kappa shape index (κ2) is 5.33. The molecule has 1 aromatic rings. The number of rotatable bonds is 6. The lowest BCUT2D eigenvalue weighted by Gasteiger charge is -2.33. The molecule has 1 rings (SSSR count). The number of hydrogen-bond acceptors (Lipinski definition) is 3. The Balaban J connectivity index is 2.66. The van der Waals surface area contributed by atoms with Gasteiger partial charge < -0.3 is 14.5 Å². The minimum absolute atomic E-state index is 0.173. The normalized spacial score (nSPS) is 14.1.